The van der Waals surface area contributed by atoms with Crippen LogP contribution in [0.4, 0.5) is 10.6 Å². The molecule has 0 bridgehead atoms. The van der Waals surface area contributed by atoms with Gasteiger partial charge in [0.1, 0.15) is 5.82 Å². The highest BCUT2D eigenvalue weighted by Crippen LogP contribution is 2.27. The van der Waals surface area contributed by atoms with E-state index in [1.807, 2.05) is 61.5 Å². The van der Waals surface area contributed by atoms with Crippen molar-refractivity contribution in [1.29, 1.82) is 0 Å². The topological polar surface area (TPSA) is 71.4 Å². The molecule has 1 aromatic heterocycles. The number of aromatic nitrogens is 2. The maximum atomic E-state index is 13.0. The van der Waals surface area contributed by atoms with Crippen LogP contribution in [-0.4, -0.2) is 60.1 Å². The molecule has 31 heavy (non-hydrogen) atoms. The number of benzene rings is 2. The third kappa shape index (κ3) is 5.13. The molecule has 162 valence electrons. The fourth-order valence-electron chi connectivity index (χ4n) is 4.15. The lowest BCUT2D eigenvalue weighted by Gasteiger charge is -2.20. The minimum absolute atomic E-state index is 0.00782. The Bertz CT molecular complexity index is 990. The maximum absolute atomic E-state index is 13.0. The van der Waals surface area contributed by atoms with E-state index >= 15 is 0 Å². The second-order valence-electron chi connectivity index (χ2n) is 7.89. The van der Waals surface area contributed by atoms with Gasteiger partial charge in [-0.2, -0.15) is 5.10 Å². The number of ether oxygens (including phenoxy) is 1. The van der Waals surface area contributed by atoms with Crippen molar-refractivity contribution in [2.75, 3.05) is 38.7 Å². The van der Waals surface area contributed by atoms with Gasteiger partial charge in [-0.3, -0.25) is 10.2 Å². The molecule has 3 aromatic rings. The predicted octanol–water partition coefficient (Wildman–Crippen LogP) is 3.42. The molecule has 4 rings (SSSR count). The fourth-order valence-corrected chi connectivity index (χ4v) is 4.15. The number of nitrogens with zero attached hydrogens (tertiary/aromatic N) is 3. The molecule has 2 amide bonds. The van der Waals surface area contributed by atoms with Crippen LogP contribution in [0.15, 0.2) is 66.7 Å². The first-order valence-corrected chi connectivity index (χ1v) is 10.6. The summed E-state index contributed by atoms with van der Waals surface area (Å²) in [6, 6.07) is 21.8. The van der Waals surface area contributed by atoms with Gasteiger partial charge in [-0.05, 0) is 24.6 Å². The number of amides is 2. The molecular formula is C24H29N5O2. The average Bonchev–Trinajstić information content (AvgIpc) is 3.36. The van der Waals surface area contributed by atoms with Crippen molar-refractivity contribution >= 4 is 11.8 Å². The Morgan fingerprint density at radius 2 is 1.81 bits per heavy atom. The first-order chi connectivity index (χ1) is 15.1. The summed E-state index contributed by atoms with van der Waals surface area (Å²) in [5.41, 5.74) is 2.98. The van der Waals surface area contributed by atoms with Crippen LogP contribution in [-0.2, 0) is 4.74 Å². The van der Waals surface area contributed by atoms with Gasteiger partial charge >= 0.3 is 6.03 Å². The van der Waals surface area contributed by atoms with E-state index in [-0.39, 0.29) is 18.0 Å². The number of carbonyl (C=O) groups excluding carboxylic acids is 1. The lowest BCUT2D eigenvalue weighted by atomic mass is 9.94. The SMILES string of the molecule is COCCN1CC(c2ccccc2)[C@H](NC(=O)Nc2cc(C)nn2-c2ccccc2)C1. The third-order valence-corrected chi connectivity index (χ3v) is 5.63. The van der Waals surface area contributed by atoms with Crippen LogP contribution in [0.5, 0.6) is 0 Å². The molecule has 2 heterocycles. The Balaban J connectivity index is 1.48. The zero-order valence-electron chi connectivity index (χ0n) is 18.0. The number of nitrogens with one attached hydrogen (secondary N) is 2. The minimum Gasteiger partial charge on any atom is -0.383 e. The highest BCUT2D eigenvalue weighted by atomic mass is 16.5. The standard InChI is InChI=1S/C24H29N5O2/c1-18-15-23(29(27-18)20-11-7-4-8-12-20)26-24(30)25-22-17-28(13-14-31-2)16-21(22)19-9-5-3-6-10-19/h3-12,15,21-22H,13-14,16-17H2,1-2H3,(H2,25,26,30)/t21?,22-/m1/s1. The van der Waals surface area contributed by atoms with E-state index < -0.39 is 0 Å². The van der Waals surface area contributed by atoms with Crippen LogP contribution in [0.25, 0.3) is 5.69 Å². The molecule has 0 aliphatic carbocycles. The first kappa shape index (κ1) is 21.1. The summed E-state index contributed by atoms with van der Waals surface area (Å²) >= 11 is 0. The van der Waals surface area contributed by atoms with Crippen LogP contribution >= 0.6 is 0 Å². The first-order valence-electron chi connectivity index (χ1n) is 10.6. The second-order valence-corrected chi connectivity index (χ2v) is 7.89. The van der Waals surface area contributed by atoms with Crippen molar-refractivity contribution in [3.8, 4) is 5.69 Å². The predicted molar refractivity (Wildman–Crippen MR) is 122 cm³/mol. The Hall–Kier alpha value is -3.16. The minimum atomic E-state index is -0.225. The molecule has 2 aromatic carbocycles. The molecule has 2 atom stereocenters. The van der Waals surface area contributed by atoms with Crippen molar-refractivity contribution in [2.24, 2.45) is 0 Å². The summed E-state index contributed by atoms with van der Waals surface area (Å²) in [5.74, 6) is 0.872. The Kier molecular flexibility index (Phi) is 6.64. The second kappa shape index (κ2) is 9.76. The molecular weight excluding hydrogens is 390 g/mol. The molecule has 1 unspecified atom stereocenters. The van der Waals surface area contributed by atoms with Gasteiger partial charge in [-0.15, -0.1) is 0 Å². The molecule has 1 aliphatic heterocycles. The highest BCUT2D eigenvalue weighted by Gasteiger charge is 2.34. The fraction of sp³-hybridized carbons (Fsp3) is 0.333. The summed E-state index contributed by atoms with van der Waals surface area (Å²) in [4.78, 5) is 15.3. The highest BCUT2D eigenvalue weighted by molar-refractivity contribution is 5.89. The number of methoxy groups -OCH3 is 1. The van der Waals surface area contributed by atoms with Gasteiger partial charge in [0.2, 0.25) is 0 Å². The number of hydrogen-bond donors (Lipinski definition) is 2. The lowest BCUT2D eigenvalue weighted by Crippen LogP contribution is -2.42. The van der Waals surface area contributed by atoms with Gasteiger partial charge in [0.25, 0.3) is 0 Å². The van der Waals surface area contributed by atoms with Crippen LogP contribution in [0.1, 0.15) is 17.2 Å². The molecule has 7 heteroatoms. The Morgan fingerprint density at radius 1 is 1.10 bits per heavy atom. The molecule has 1 saturated heterocycles. The van der Waals surface area contributed by atoms with Crippen molar-refractivity contribution in [1.82, 2.24) is 20.0 Å². The molecule has 1 aliphatic rings. The van der Waals surface area contributed by atoms with Gasteiger partial charge in [0.15, 0.2) is 0 Å². The Labute approximate surface area is 183 Å². The summed E-state index contributed by atoms with van der Waals surface area (Å²) in [5, 5.41) is 10.7. The van der Waals surface area contributed by atoms with E-state index in [0.29, 0.717) is 12.4 Å². The monoisotopic (exact) mass is 419 g/mol. The summed E-state index contributed by atoms with van der Waals surface area (Å²) < 4.78 is 7.00. The number of para-hydroxylation sites is 1. The van der Waals surface area contributed by atoms with Gasteiger partial charge in [-0.1, -0.05) is 48.5 Å². The van der Waals surface area contributed by atoms with E-state index in [0.717, 1.165) is 31.0 Å². The quantitative estimate of drug-likeness (QED) is 0.616. The number of urea groups is 1. The normalized spacial score (nSPS) is 18.8. The van der Waals surface area contributed by atoms with E-state index in [9.17, 15) is 4.79 Å². The number of aryl methyl sites for hydroxylation is 1. The molecule has 1 fully saturated rings. The summed E-state index contributed by atoms with van der Waals surface area (Å²) in [6.45, 7) is 5.11. The van der Waals surface area contributed by atoms with E-state index in [1.54, 1.807) is 11.8 Å². The third-order valence-electron chi connectivity index (χ3n) is 5.63. The molecule has 7 nitrogen and oxygen atoms in total. The smallest absolute Gasteiger partial charge is 0.320 e. The van der Waals surface area contributed by atoms with Crippen molar-refractivity contribution in [2.45, 2.75) is 18.9 Å². The number of carbonyl (C=O) groups is 1. The number of anilines is 1. The van der Waals surface area contributed by atoms with Crippen LogP contribution < -0.4 is 10.6 Å². The van der Waals surface area contributed by atoms with Crippen LogP contribution in [0, 0.1) is 6.92 Å². The molecule has 0 saturated carbocycles. The van der Waals surface area contributed by atoms with Crippen LogP contribution in [0.2, 0.25) is 0 Å². The molecule has 2 N–H and O–H groups in total. The largest absolute Gasteiger partial charge is 0.383 e. The van der Waals surface area contributed by atoms with Gasteiger partial charge in [0, 0.05) is 38.7 Å². The van der Waals surface area contributed by atoms with Gasteiger partial charge in [0.05, 0.1) is 24.0 Å². The van der Waals surface area contributed by atoms with E-state index in [2.05, 4.69) is 32.8 Å². The number of hydrogen-bond acceptors (Lipinski definition) is 4. The van der Waals surface area contributed by atoms with Crippen molar-refractivity contribution in [3.63, 3.8) is 0 Å². The van der Waals surface area contributed by atoms with E-state index in [4.69, 9.17) is 4.74 Å². The summed E-state index contributed by atoms with van der Waals surface area (Å²) in [6.07, 6.45) is 0. The molecule has 0 radical (unpaired) electrons. The maximum Gasteiger partial charge on any atom is 0.320 e. The van der Waals surface area contributed by atoms with Crippen molar-refractivity contribution in [3.05, 3.63) is 78.0 Å². The molecule has 0 spiro atoms. The summed E-state index contributed by atoms with van der Waals surface area (Å²) in [7, 11) is 1.71. The average molecular weight is 420 g/mol. The zero-order valence-corrected chi connectivity index (χ0v) is 18.0. The van der Waals surface area contributed by atoms with Crippen LogP contribution in [0.3, 0.4) is 0 Å². The number of likely N-dealkylation sites (tertiary alicyclic amines) is 1. The lowest BCUT2D eigenvalue weighted by molar-refractivity contribution is 0.159. The Morgan fingerprint density at radius 3 is 2.52 bits per heavy atom. The van der Waals surface area contributed by atoms with Gasteiger partial charge < -0.3 is 10.1 Å². The van der Waals surface area contributed by atoms with E-state index in [1.165, 1.54) is 5.56 Å². The number of rotatable bonds is 7. The van der Waals surface area contributed by atoms with Crippen molar-refractivity contribution < 1.29 is 9.53 Å². The van der Waals surface area contributed by atoms with Gasteiger partial charge in [-0.25, -0.2) is 9.48 Å². The zero-order chi connectivity index (χ0) is 21.6.